The van der Waals surface area contributed by atoms with Gasteiger partial charge >= 0.3 is 0 Å². The summed E-state index contributed by atoms with van der Waals surface area (Å²) in [7, 11) is 0. The van der Waals surface area contributed by atoms with Crippen molar-refractivity contribution in [1.82, 2.24) is 10.2 Å². The predicted molar refractivity (Wildman–Crippen MR) is 50.3 cm³/mol. The maximum Gasteiger partial charge on any atom is 0.272 e. The first kappa shape index (κ1) is 7.56. The van der Waals surface area contributed by atoms with Gasteiger partial charge in [0.1, 0.15) is 0 Å². The van der Waals surface area contributed by atoms with E-state index >= 15 is 0 Å². The number of rotatable bonds is 0. The van der Waals surface area contributed by atoms with Crippen LogP contribution in [0.3, 0.4) is 0 Å². The average molecular weight is 170 g/mol. The van der Waals surface area contributed by atoms with Crippen LogP contribution >= 0.6 is 0 Å². The minimum Gasteiger partial charge on any atom is -0.267 e. The molecule has 0 radical (unpaired) electrons. The number of H-pyrrole nitrogens is 1. The minimum atomic E-state index is -0.193. The highest BCUT2D eigenvalue weighted by Gasteiger charge is 1.97. The summed E-state index contributed by atoms with van der Waals surface area (Å²) < 4.78 is 0. The maximum atomic E-state index is 11.2. The summed E-state index contributed by atoms with van der Waals surface area (Å²) in [5.41, 5.74) is 0.556. The summed E-state index contributed by atoms with van der Waals surface area (Å²) in [6.07, 6.45) is 6.80. The van der Waals surface area contributed by atoms with Crippen LogP contribution in [-0.4, -0.2) is 10.2 Å². The molecule has 0 fully saturated rings. The first-order chi connectivity index (χ1) is 6.31. The van der Waals surface area contributed by atoms with Crippen molar-refractivity contribution in [3.05, 3.63) is 40.3 Å². The number of benzene rings is 1. The van der Waals surface area contributed by atoms with Crippen LogP contribution in [0.2, 0.25) is 0 Å². The number of nitrogens with one attached hydrogen (secondary N) is 1. The average Bonchev–Trinajstić information content (AvgIpc) is 2.18. The minimum absolute atomic E-state index is 0.193. The Morgan fingerprint density at radius 2 is 2.31 bits per heavy atom. The molecule has 3 nitrogen and oxygen atoms in total. The monoisotopic (exact) mass is 170 g/mol. The zero-order valence-electron chi connectivity index (χ0n) is 6.74. The molecule has 0 aliphatic carbocycles. The second kappa shape index (κ2) is 2.76. The molecule has 2 rings (SSSR count). The van der Waals surface area contributed by atoms with E-state index in [1.165, 1.54) is 0 Å². The lowest BCUT2D eigenvalue weighted by atomic mass is 10.1. The standard InChI is InChI=1S/C10H6N2O/c1-2-7-3-4-9-8(5-7)6-11-12-10(9)13/h1,3-6H,(H,12,13). The molecule has 0 unspecified atom stereocenters. The van der Waals surface area contributed by atoms with Gasteiger partial charge in [-0.3, -0.25) is 4.79 Å². The Balaban J connectivity index is 2.90. The van der Waals surface area contributed by atoms with E-state index in [-0.39, 0.29) is 5.56 Å². The van der Waals surface area contributed by atoms with Crippen molar-refractivity contribution < 1.29 is 0 Å². The predicted octanol–water partition coefficient (Wildman–Crippen LogP) is 0.904. The van der Waals surface area contributed by atoms with E-state index in [4.69, 9.17) is 6.42 Å². The van der Waals surface area contributed by atoms with Crippen LogP contribution in [0.1, 0.15) is 5.56 Å². The van der Waals surface area contributed by atoms with Crippen LogP contribution in [0.5, 0.6) is 0 Å². The molecule has 1 aromatic carbocycles. The molecule has 2 aromatic rings. The first-order valence-electron chi connectivity index (χ1n) is 3.75. The second-order valence-corrected chi connectivity index (χ2v) is 2.65. The third kappa shape index (κ3) is 1.18. The van der Waals surface area contributed by atoms with Crippen molar-refractivity contribution in [2.24, 2.45) is 0 Å². The maximum absolute atomic E-state index is 11.2. The molecule has 1 N–H and O–H groups in total. The lowest BCUT2D eigenvalue weighted by Crippen LogP contribution is -2.06. The van der Waals surface area contributed by atoms with Crippen LogP contribution in [0.25, 0.3) is 10.8 Å². The molecular formula is C10H6N2O. The van der Waals surface area contributed by atoms with Gasteiger partial charge < -0.3 is 0 Å². The van der Waals surface area contributed by atoms with Crippen molar-refractivity contribution in [3.63, 3.8) is 0 Å². The van der Waals surface area contributed by atoms with Gasteiger partial charge in [0.25, 0.3) is 5.56 Å². The summed E-state index contributed by atoms with van der Waals surface area (Å²) in [6.45, 7) is 0. The summed E-state index contributed by atoms with van der Waals surface area (Å²) in [4.78, 5) is 11.2. The van der Waals surface area contributed by atoms with Gasteiger partial charge in [-0.05, 0) is 18.2 Å². The van der Waals surface area contributed by atoms with Crippen LogP contribution in [0, 0.1) is 12.3 Å². The van der Waals surface area contributed by atoms with E-state index < -0.39 is 0 Å². The fourth-order valence-corrected chi connectivity index (χ4v) is 1.19. The summed E-state index contributed by atoms with van der Waals surface area (Å²) in [5, 5.41) is 7.40. The Morgan fingerprint density at radius 3 is 3.08 bits per heavy atom. The molecule has 0 bridgehead atoms. The SMILES string of the molecule is C#Cc1ccc2c(=O)[nH]ncc2c1. The second-order valence-electron chi connectivity index (χ2n) is 2.65. The van der Waals surface area contributed by atoms with Gasteiger partial charge in [0.15, 0.2) is 0 Å². The highest BCUT2D eigenvalue weighted by Crippen LogP contribution is 2.09. The highest BCUT2D eigenvalue weighted by molar-refractivity contribution is 5.81. The number of hydrogen-bond acceptors (Lipinski definition) is 2. The van der Waals surface area contributed by atoms with Crippen LogP contribution in [0.4, 0.5) is 0 Å². The number of fused-ring (bicyclic) bond motifs is 1. The zero-order chi connectivity index (χ0) is 9.26. The van der Waals surface area contributed by atoms with E-state index in [1.54, 1.807) is 24.4 Å². The number of hydrogen-bond donors (Lipinski definition) is 1. The molecule has 0 aliphatic rings. The van der Waals surface area contributed by atoms with Crippen molar-refractivity contribution >= 4 is 10.8 Å². The molecule has 0 atom stereocenters. The van der Waals surface area contributed by atoms with Crippen LogP contribution < -0.4 is 5.56 Å². The Morgan fingerprint density at radius 1 is 1.46 bits per heavy atom. The third-order valence-electron chi connectivity index (χ3n) is 1.83. The van der Waals surface area contributed by atoms with Crippen LogP contribution in [-0.2, 0) is 0 Å². The summed E-state index contributed by atoms with van der Waals surface area (Å²) in [5.74, 6) is 2.50. The van der Waals surface area contributed by atoms with Crippen molar-refractivity contribution in [2.45, 2.75) is 0 Å². The van der Waals surface area contributed by atoms with Gasteiger partial charge in [-0.15, -0.1) is 6.42 Å². The van der Waals surface area contributed by atoms with Gasteiger partial charge in [0, 0.05) is 10.9 Å². The smallest absolute Gasteiger partial charge is 0.267 e. The molecule has 62 valence electrons. The van der Waals surface area contributed by atoms with Crippen molar-refractivity contribution in [3.8, 4) is 12.3 Å². The third-order valence-corrected chi connectivity index (χ3v) is 1.83. The lowest BCUT2D eigenvalue weighted by molar-refractivity contribution is 1.01. The Labute approximate surface area is 74.4 Å². The molecule has 0 aliphatic heterocycles. The normalized spacial score (nSPS) is 9.77. The molecule has 0 saturated carbocycles. The Bertz CT molecular complexity index is 549. The van der Waals surface area contributed by atoms with Crippen molar-refractivity contribution in [1.29, 1.82) is 0 Å². The van der Waals surface area contributed by atoms with E-state index in [1.807, 2.05) is 0 Å². The van der Waals surface area contributed by atoms with E-state index in [0.717, 1.165) is 10.9 Å². The van der Waals surface area contributed by atoms with Gasteiger partial charge in [0.05, 0.1) is 11.6 Å². The molecule has 1 heterocycles. The Hall–Kier alpha value is -2.08. The highest BCUT2D eigenvalue weighted by atomic mass is 16.1. The number of aromatic nitrogens is 2. The molecule has 0 amide bonds. The van der Waals surface area contributed by atoms with Gasteiger partial charge in [-0.25, -0.2) is 5.10 Å². The van der Waals surface area contributed by atoms with Crippen LogP contribution in [0.15, 0.2) is 29.2 Å². The van der Waals surface area contributed by atoms with E-state index in [9.17, 15) is 4.79 Å². The molecule has 1 aromatic heterocycles. The Kier molecular flexibility index (Phi) is 1.60. The quantitative estimate of drug-likeness (QED) is 0.597. The van der Waals surface area contributed by atoms with Gasteiger partial charge in [-0.2, -0.15) is 5.10 Å². The zero-order valence-corrected chi connectivity index (χ0v) is 6.74. The lowest BCUT2D eigenvalue weighted by Gasteiger charge is -1.95. The molecule has 3 heteroatoms. The number of aromatic amines is 1. The van der Waals surface area contributed by atoms with Gasteiger partial charge in [0.2, 0.25) is 0 Å². The van der Waals surface area contributed by atoms with Crippen molar-refractivity contribution in [2.75, 3.05) is 0 Å². The fraction of sp³-hybridized carbons (Fsp3) is 0. The molecule has 0 spiro atoms. The number of terminal acetylenes is 1. The first-order valence-corrected chi connectivity index (χ1v) is 3.75. The number of nitrogens with zero attached hydrogens (tertiary/aromatic N) is 1. The largest absolute Gasteiger partial charge is 0.272 e. The topological polar surface area (TPSA) is 45.8 Å². The van der Waals surface area contributed by atoms with Gasteiger partial charge in [-0.1, -0.05) is 5.92 Å². The van der Waals surface area contributed by atoms with E-state index in [0.29, 0.717) is 5.39 Å². The molecule has 0 saturated heterocycles. The molecule has 13 heavy (non-hydrogen) atoms. The van der Waals surface area contributed by atoms with E-state index in [2.05, 4.69) is 16.1 Å². The molecular weight excluding hydrogens is 164 g/mol. The fourth-order valence-electron chi connectivity index (χ4n) is 1.19. The summed E-state index contributed by atoms with van der Waals surface area (Å²) in [6, 6.07) is 5.19. The summed E-state index contributed by atoms with van der Waals surface area (Å²) >= 11 is 0.